The van der Waals surface area contributed by atoms with E-state index in [0.29, 0.717) is 61.4 Å². The number of nitrogens with zero attached hydrogens (tertiary/aromatic N) is 3. The molecule has 0 atom stereocenters. The first-order valence-electron chi connectivity index (χ1n) is 11.8. The fourth-order valence-corrected chi connectivity index (χ4v) is 4.76. The summed E-state index contributed by atoms with van der Waals surface area (Å²) in [6.45, 7) is 8.62. The molecule has 2 aliphatic rings. The third kappa shape index (κ3) is 5.46. The van der Waals surface area contributed by atoms with Crippen molar-refractivity contribution in [2.75, 3.05) is 38.1 Å². The molecule has 190 valence electrons. The maximum atomic E-state index is 13.3. The van der Waals surface area contributed by atoms with E-state index in [1.54, 1.807) is 28.0 Å². The summed E-state index contributed by atoms with van der Waals surface area (Å²) in [7, 11) is 0. The molecule has 2 saturated heterocycles. The molecule has 3 heterocycles. The van der Waals surface area contributed by atoms with E-state index in [4.69, 9.17) is 9.72 Å². The van der Waals surface area contributed by atoms with Gasteiger partial charge in [-0.3, -0.25) is 4.79 Å². The highest BCUT2D eigenvalue weighted by Gasteiger charge is 2.34. The van der Waals surface area contributed by atoms with Gasteiger partial charge in [0.1, 0.15) is 18.8 Å². The van der Waals surface area contributed by atoms with Crippen LogP contribution in [0.2, 0.25) is 0 Å². The summed E-state index contributed by atoms with van der Waals surface area (Å²) >= 11 is 0. The molecule has 1 aromatic heterocycles. The molecule has 0 saturated carbocycles. The molecule has 2 aliphatic heterocycles. The number of cyclic esters (lactones) is 1. The average Bonchev–Trinajstić information content (AvgIpc) is 3.21. The lowest BCUT2D eigenvalue weighted by Crippen LogP contribution is -2.47. The number of nitrogens with one attached hydrogen (secondary N) is 1. The Morgan fingerprint density at radius 1 is 1.14 bits per heavy atom. The van der Waals surface area contributed by atoms with Gasteiger partial charge in [0.05, 0.1) is 12.1 Å². The average molecular weight is 493 g/mol. The quantitative estimate of drug-likeness (QED) is 0.659. The van der Waals surface area contributed by atoms with E-state index in [-0.39, 0.29) is 18.0 Å². The number of aromatic nitrogens is 1. The Balaban J connectivity index is 1.60. The molecular weight excluding hydrogens is 461 g/mol. The van der Waals surface area contributed by atoms with E-state index < -0.39 is 18.1 Å². The maximum Gasteiger partial charge on any atom is 0.410 e. The van der Waals surface area contributed by atoms with Gasteiger partial charge in [0, 0.05) is 30.2 Å². The number of halogens is 3. The Kier molecular flexibility index (Phi) is 6.59. The lowest BCUT2D eigenvalue weighted by Gasteiger charge is -2.35. The molecule has 2 amide bonds. The number of anilines is 1. The van der Waals surface area contributed by atoms with Crippen molar-refractivity contribution < 1.29 is 27.5 Å². The molecule has 0 aliphatic carbocycles. The highest BCUT2D eigenvalue weighted by molar-refractivity contribution is 5.97. The zero-order chi connectivity index (χ0) is 25.5. The lowest BCUT2D eigenvalue weighted by molar-refractivity contribution is -0.115. The largest absolute Gasteiger partial charge is 0.448 e. The molecule has 1 N–H and O–H groups in total. The summed E-state index contributed by atoms with van der Waals surface area (Å²) < 4.78 is 43.4. The van der Waals surface area contributed by atoms with E-state index in [9.17, 15) is 22.8 Å². The normalized spacial score (nSPS) is 17.7. The van der Waals surface area contributed by atoms with Gasteiger partial charge in [-0.05, 0) is 54.5 Å². The molecule has 0 radical (unpaired) electrons. The first-order chi connectivity index (χ1) is 16.3. The molecular formula is C25H31F3N4O3. The van der Waals surface area contributed by atoms with Crippen LogP contribution in [0.1, 0.15) is 55.2 Å². The second-order valence-electron chi connectivity index (χ2n) is 10.3. The standard InChI is InChI=1S/C25H31F3N4O3/c1-15-11-20(22(33)31-7-5-17(6-8-31)32-9-10-35-23(32)34)30-21-18(15)12-16(29-14-25(26,27)28)13-19(21)24(2,3)4/h11-13,17,29H,5-10,14H2,1-4H3. The fourth-order valence-electron chi connectivity index (χ4n) is 4.76. The van der Waals surface area contributed by atoms with Gasteiger partial charge in [0.15, 0.2) is 0 Å². The van der Waals surface area contributed by atoms with Crippen LogP contribution >= 0.6 is 0 Å². The first-order valence-corrected chi connectivity index (χ1v) is 11.8. The van der Waals surface area contributed by atoms with Crippen molar-refractivity contribution in [2.24, 2.45) is 0 Å². The van der Waals surface area contributed by atoms with E-state index in [2.05, 4.69) is 5.32 Å². The summed E-state index contributed by atoms with van der Waals surface area (Å²) in [5, 5.41) is 3.18. The van der Waals surface area contributed by atoms with Gasteiger partial charge in [-0.15, -0.1) is 0 Å². The highest BCUT2D eigenvalue weighted by Crippen LogP contribution is 2.34. The van der Waals surface area contributed by atoms with Gasteiger partial charge >= 0.3 is 12.3 Å². The Morgan fingerprint density at radius 2 is 1.83 bits per heavy atom. The van der Waals surface area contributed by atoms with Gasteiger partial charge in [0.2, 0.25) is 0 Å². The van der Waals surface area contributed by atoms with Crippen LogP contribution in [-0.2, 0) is 10.2 Å². The number of fused-ring (bicyclic) bond motifs is 1. The number of alkyl halides is 3. The van der Waals surface area contributed by atoms with Crippen molar-refractivity contribution in [1.82, 2.24) is 14.8 Å². The number of carbonyl (C=O) groups is 2. The fraction of sp³-hybridized carbons (Fsp3) is 0.560. The Labute approximate surface area is 202 Å². The maximum absolute atomic E-state index is 13.3. The third-order valence-electron chi connectivity index (χ3n) is 6.63. The number of benzene rings is 1. The summed E-state index contributed by atoms with van der Waals surface area (Å²) in [6.07, 6.45) is -3.27. The molecule has 4 rings (SSSR count). The summed E-state index contributed by atoms with van der Waals surface area (Å²) in [6, 6.07) is 5.12. The van der Waals surface area contributed by atoms with Crippen LogP contribution in [-0.4, -0.2) is 71.8 Å². The highest BCUT2D eigenvalue weighted by atomic mass is 19.4. The van der Waals surface area contributed by atoms with Crippen LogP contribution in [0.15, 0.2) is 18.2 Å². The van der Waals surface area contributed by atoms with E-state index in [1.807, 2.05) is 27.7 Å². The Bertz CT molecular complexity index is 1140. The van der Waals surface area contributed by atoms with Crippen molar-refractivity contribution in [2.45, 2.75) is 58.2 Å². The van der Waals surface area contributed by atoms with Crippen LogP contribution in [0.5, 0.6) is 0 Å². The summed E-state index contributed by atoms with van der Waals surface area (Å²) in [5.74, 6) is -0.184. The van der Waals surface area contributed by atoms with Gasteiger partial charge in [-0.2, -0.15) is 13.2 Å². The predicted molar refractivity (Wildman–Crippen MR) is 127 cm³/mol. The minimum absolute atomic E-state index is 0.0652. The number of amides is 2. The lowest BCUT2D eigenvalue weighted by atomic mass is 9.84. The number of hydrogen-bond acceptors (Lipinski definition) is 5. The monoisotopic (exact) mass is 492 g/mol. The summed E-state index contributed by atoms with van der Waals surface area (Å²) in [5.41, 5.74) is 2.44. The minimum Gasteiger partial charge on any atom is -0.448 e. The topological polar surface area (TPSA) is 74.8 Å². The Hall–Kier alpha value is -3.04. The molecule has 10 heteroatoms. The van der Waals surface area contributed by atoms with Gasteiger partial charge < -0.3 is 19.9 Å². The van der Waals surface area contributed by atoms with Crippen LogP contribution in [0, 0.1) is 6.92 Å². The van der Waals surface area contributed by atoms with Crippen molar-refractivity contribution in [1.29, 1.82) is 0 Å². The SMILES string of the molecule is Cc1cc(C(=O)N2CCC(N3CCOC3=O)CC2)nc2c(C(C)(C)C)cc(NCC(F)(F)F)cc12. The van der Waals surface area contributed by atoms with Crippen LogP contribution in [0.4, 0.5) is 23.7 Å². The first kappa shape index (κ1) is 25.1. The van der Waals surface area contributed by atoms with Crippen molar-refractivity contribution >= 4 is 28.6 Å². The van der Waals surface area contributed by atoms with Gasteiger partial charge in [-0.1, -0.05) is 20.8 Å². The minimum atomic E-state index is -4.33. The van der Waals surface area contributed by atoms with Gasteiger partial charge in [-0.25, -0.2) is 9.78 Å². The Morgan fingerprint density at radius 3 is 2.40 bits per heavy atom. The second kappa shape index (κ2) is 9.20. The molecule has 0 spiro atoms. The predicted octanol–water partition coefficient (Wildman–Crippen LogP) is 4.87. The number of ether oxygens (including phenoxy) is 1. The van der Waals surface area contributed by atoms with Crippen LogP contribution < -0.4 is 5.32 Å². The molecule has 35 heavy (non-hydrogen) atoms. The van der Waals surface area contributed by atoms with Crippen molar-refractivity contribution in [3.8, 4) is 0 Å². The van der Waals surface area contributed by atoms with Crippen LogP contribution in [0.25, 0.3) is 10.9 Å². The molecule has 0 bridgehead atoms. The van der Waals surface area contributed by atoms with E-state index >= 15 is 0 Å². The molecule has 1 aromatic carbocycles. The second-order valence-corrected chi connectivity index (χ2v) is 10.3. The zero-order valence-corrected chi connectivity index (χ0v) is 20.5. The number of pyridine rings is 1. The number of likely N-dealkylation sites (tertiary alicyclic amines) is 1. The molecule has 2 aromatic rings. The number of aryl methyl sites for hydroxylation is 1. The summed E-state index contributed by atoms with van der Waals surface area (Å²) in [4.78, 5) is 33.4. The number of carbonyl (C=O) groups excluding carboxylic acids is 2. The van der Waals surface area contributed by atoms with Gasteiger partial charge in [0.25, 0.3) is 5.91 Å². The van der Waals surface area contributed by atoms with E-state index in [0.717, 1.165) is 11.1 Å². The third-order valence-corrected chi connectivity index (χ3v) is 6.63. The number of rotatable bonds is 4. The smallest absolute Gasteiger partial charge is 0.410 e. The molecule has 7 nitrogen and oxygen atoms in total. The number of piperidine rings is 1. The van der Waals surface area contributed by atoms with Crippen LogP contribution in [0.3, 0.4) is 0 Å². The van der Waals surface area contributed by atoms with Crippen molar-refractivity contribution in [3.63, 3.8) is 0 Å². The number of hydrogen-bond donors (Lipinski definition) is 1. The van der Waals surface area contributed by atoms with Crippen molar-refractivity contribution in [3.05, 3.63) is 35.0 Å². The molecule has 0 unspecified atom stereocenters. The zero-order valence-electron chi connectivity index (χ0n) is 20.5. The molecule has 2 fully saturated rings. The van der Waals surface area contributed by atoms with E-state index in [1.165, 1.54) is 0 Å².